The first kappa shape index (κ1) is 18.0. The SMILES string of the molecule is CC(C)(C)OC(=O)N1C[C@H]2CN(C(=O)CCC3CCC(=O)N3)C[C@@H]2C1. The molecule has 7 nitrogen and oxygen atoms in total. The van der Waals surface area contributed by atoms with Crippen LogP contribution in [0.25, 0.3) is 0 Å². The highest BCUT2D eigenvalue weighted by Gasteiger charge is 2.43. The Balaban J connectivity index is 1.42. The summed E-state index contributed by atoms with van der Waals surface area (Å²) in [5.41, 5.74) is -0.480. The Morgan fingerprint density at radius 3 is 2.24 bits per heavy atom. The van der Waals surface area contributed by atoms with Gasteiger partial charge in [-0.15, -0.1) is 0 Å². The van der Waals surface area contributed by atoms with Crippen LogP contribution in [0.15, 0.2) is 0 Å². The molecule has 3 amide bonds. The number of nitrogens with one attached hydrogen (secondary N) is 1. The van der Waals surface area contributed by atoms with Crippen LogP contribution in [-0.4, -0.2) is 65.5 Å². The summed E-state index contributed by atoms with van der Waals surface area (Å²) in [6.45, 7) is 8.39. The van der Waals surface area contributed by atoms with E-state index in [0.717, 1.165) is 25.9 Å². The van der Waals surface area contributed by atoms with Gasteiger partial charge in [0.2, 0.25) is 11.8 Å². The summed E-state index contributed by atoms with van der Waals surface area (Å²) in [5.74, 6) is 0.958. The Kier molecular flexibility index (Phi) is 4.93. The van der Waals surface area contributed by atoms with Gasteiger partial charge in [0.05, 0.1) is 0 Å². The second kappa shape index (κ2) is 6.84. The van der Waals surface area contributed by atoms with Crippen molar-refractivity contribution in [3.63, 3.8) is 0 Å². The summed E-state index contributed by atoms with van der Waals surface area (Å²) < 4.78 is 5.44. The van der Waals surface area contributed by atoms with Crippen LogP contribution in [0.5, 0.6) is 0 Å². The third-order valence-electron chi connectivity index (χ3n) is 5.28. The van der Waals surface area contributed by atoms with Crippen molar-refractivity contribution in [2.45, 2.75) is 58.1 Å². The zero-order valence-electron chi connectivity index (χ0n) is 15.4. The highest BCUT2D eigenvalue weighted by molar-refractivity contribution is 5.79. The molecule has 140 valence electrons. The van der Waals surface area contributed by atoms with Gasteiger partial charge in [-0.25, -0.2) is 4.79 Å². The van der Waals surface area contributed by atoms with E-state index in [1.54, 1.807) is 4.90 Å². The second-order valence-corrected chi connectivity index (χ2v) is 8.55. The Morgan fingerprint density at radius 2 is 1.72 bits per heavy atom. The summed E-state index contributed by atoms with van der Waals surface area (Å²) in [7, 11) is 0. The lowest BCUT2D eigenvalue weighted by atomic mass is 10.0. The number of rotatable bonds is 3. The van der Waals surface area contributed by atoms with Crippen molar-refractivity contribution in [3.05, 3.63) is 0 Å². The van der Waals surface area contributed by atoms with E-state index in [9.17, 15) is 14.4 Å². The van der Waals surface area contributed by atoms with E-state index in [-0.39, 0.29) is 23.9 Å². The van der Waals surface area contributed by atoms with E-state index < -0.39 is 5.60 Å². The number of hydrogen-bond donors (Lipinski definition) is 1. The van der Waals surface area contributed by atoms with Crippen LogP contribution in [0.2, 0.25) is 0 Å². The summed E-state index contributed by atoms with van der Waals surface area (Å²) in [4.78, 5) is 39.5. The summed E-state index contributed by atoms with van der Waals surface area (Å²) in [5, 5.41) is 2.91. The largest absolute Gasteiger partial charge is 0.444 e. The number of carbonyl (C=O) groups is 3. The molecule has 0 aromatic carbocycles. The van der Waals surface area contributed by atoms with E-state index in [0.29, 0.717) is 37.8 Å². The fourth-order valence-electron chi connectivity index (χ4n) is 4.02. The molecule has 7 heteroatoms. The topological polar surface area (TPSA) is 79.0 Å². The van der Waals surface area contributed by atoms with Crippen molar-refractivity contribution in [1.29, 1.82) is 0 Å². The lowest BCUT2D eigenvalue weighted by molar-refractivity contribution is -0.130. The molecule has 3 aliphatic rings. The van der Waals surface area contributed by atoms with Crippen LogP contribution < -0.4 is 5.32 Å². The maximum Gasteiger partial charge on any atom is 0.410 e. The molecule has 0 aliphatic carbocycles. The second-order valence-electron chi connectivity index (χ2n) is 8.55. The van der Waals surface area contributed by atoms with E-state index in [4.69, 9.17) is 4.74 Å². The molecule has 3 fully saturated rings. The molecule has 0 aromatic heterocycles. The average molecular weight is 351 g/mol. The van der Waals surface area contributed by atoms with E-state index in [1.807, 2.05) is 25.7 Å². The summed E-state index contributed by atoms with van der Waals surface area (Å²) >= 11 is 0. The van der Waals surface area contributed by atoms with E-state index in [2.05, 4.69) is 5.32 Å². The smallest absolute Gasteiger partial charge is 0.410 e. The number of nitrogens with zero attached hydrogens (tertiary/aromatic N) is 2. The first-order chi connectivity index (χ1) is 11.7. The van der Waals surface area contributed by atoms with Gasteiger partial charge < -0.3 is 19.9 Å². The monoisotopic (exact) mass is 351 g/mol. The molecule has 1 N–H and O–H groups in total. The molecule has 0 aromatic rings. The molecule has 0 saturated carbocycles. The van der Waals surface area contributed by atoms with Gasteiger partial charge in [0.15, 0.2) is 0 Å². The molecule has 3 heterocycles. The van der Waals surface area contributed by atoms with Crippen molar-refractivity contribution < 1.29 is 19.1 Å². The third-order valence-corrected chi connectivity index (χ3v) is 5.28. The van der Waals surface area contributed by atoms with E-state index in [1.165, 1.54) is 0 Å². The summed E-state index contributed by atoms with van der Waals surface area (Å²) in [6, 6.07) is 0.154. The minimum absolute atomic E-state index is 0.0930. The van der Waals surface area contributed by atoms with Gasteiger partial charge in [-0.1, -0.05) is 0 Å². The summed E-state index contributed by atoms with van der Waals surface area (Å²) in [6.07, 6.45) is 2.37. The number of amides is 3. The van der Waals surface area contributed by atoms with Gasteiger partial charge in [-0.2, -0.15) is 0 Å². The van der Waals surface area contributed by atoms with Gasteiger partial charge in [-0.05, 0) is 33.6 Å². The molecule has 3 atom stereocenters. The van der Waals surface area contributed by atoms with Crippen molar-refractivity contribution in [1.82, 2.24) is 15.1 Å². The third kappa shape index (κ3) is 4.44. The lowest BCUT2D eigenvalue weighted by Crippen LogP contribution is -2.38. The van der Waals surface area contributed by atoms with Crippen molar-refractivity contribution in [2.24, 2.45) is 11.8 Å². The highest BCUT2D eigenvalue weighted by atomic mass is 16.6. The molecule has 25 heavy (non-hydrogen) atoms. The molecule has 1 unspecified atom stereocenters. The highest BCUT2D eigenvalue weighted by Crippen LogP contribution is 2.32. The van der Waals surface area contributed by atoms with Gasteiger partial charge in [0.25, 0.3) is 0 Å². The fourth-order valence-corrected chi connectivity index (χ4v) is 4.02. The Morgan fingerprint density at radius 1 is 1.12 bits per heavy atom. The number of hydrogen-bond acceptors (Lipinski definition) is 4. The minimum atomic E-state index is -0.480. The molecule has 3 saturated heterocycles. The molecule has 3 aliphatic heterocycles. The van der Waals surface area contributed by atoms with E-state index >= 15 is 0 Å². The van der Waals surface area contributed by atoms with Crippen LogP contribution in [0.1, 0.15) is 46.5 Å². The van der Waals surface area contributed by atoms with Gasteiger partial charge >= 0.3 is 6.09 Å². The maximum absolute atomic E-state index is 12.4. The van der Waals surface area contributed by atoms with Crippen LogP contribution in [0.4, 0.5) is 4.79 Å². The van der Waals surface area contributed by atoms with Crippen molar-refractivity contribution >= 4 is 17.9 Å². The normalized spacial score (nSPS) is 28.9. The predicted molar refractivity (Wildman–Crippen MR) is 91.8 cm³/mol. The number of fused-ring (bicyclic) bond motifs is 1. The average Bonchev–Trinajstić information content (AvgIpc) is 3.16. The lowest BCUT2D eigenvalue weighted by Gasteiger charge is -2.26. The molecule has 0 radical (unpaired) electrons. The zero-order valence-corrected chi connectivity index (χ0v) is 15.4. The molecule has 0 spiro atoms. The standard InChI is InChI=1S/C18H29N3O4/c1-18(2,3)25-17(24)21-10-12-8-20(9-13(12)11-21)16(23)7-5-14-4-6-15(22)19-14/h12-14H,4-11H2,1-3H3,(H,19,22)/t12-,13-,14?/m1/s1. The van der Waals surface area contributed by atoms with Crippen LogP contribution in [0.3, 0.4) is 0 Å². The molecule has 0 bridgehead atoms. The predicted octanol–water partition coefficient (Wildman–Crippen LogP) is 1.37. The van der Waals surface area contributed by atoms with Crippen molar-refractivity contribution in [2.75, 3.05) is 26.2 Å². The maximum atomic E-state index is 12.4. The fraction of sp³-hybridized carbons (Fsp3) is 0.833. The quantitative estimate of drug-likeness (QED) is 0.833. The Hall–Kier alpha value is -1.79. The van der Waals surface area contributed by atoms with Crippen molar-refractivity contribution in [3.8, 4) is 0 Å². The van der Waals surface area contributed by atoms with Crippen LogP contribution in [0, 0.1) is 11.8 Å². The Bertz CT molecular complexity index is 543. The molecular formula is C18H29N3O4. The first-order valence-corrected chi connectivity index (χ1v) is 9.26. The first-order valence-electron chi connectivity index (χ1n) is 9.26. The number of carbonyl (C=O) groups excluding carboxylic acids is 3. The minimum Gasteiger partial charge on any atom is -0.444 e. The van der Waals surface area contributed by atoms with Crippen LogP contribution in [-0.2, 0) is 14.3 Å². The van der Waals surface area contributed by atoms with Gasteiger partial charge in [0, 0.05) is 56.9 Å². The molecular weight excluding hydrogens is 322 g/mol. The Labute approximate surface area is 149 Å². The van der Waals surface area contributed by atoms with Gasteiger partial charge in [-0.3, -0.25) is 9.59 Å². The number of likely N-dealkylation sites (tertiary alicyclic amines) is 2. The zero-order chi connectivity index (χ0) is 18.2. The van der Waals surface area contributed by atoms with Crippen LogP contribution >= 0.6 is 0 Å². The van der Waals surface area contributed by atoms with Gasteiger partial charge in [0.1, 0.15) is 5.60 Å². The number of ether oxygens (including phenoxy) is 1. The molecule has 3 rings (SSSR count).